The van der Waals surface area contributed by atoms with E-state index in [-0.39, 0.29) is 0 Å². The van der Waals surface area contributed by atoms with Crippen LogP contribution < -0.4 is 10.6 Å². The number of benzene rings is 3. The van der Waals surface area contributed by atoms with Crippen molar-refractivity contribution in [3.05, 3.63) is 99.4 Å². The molecule has 6 rings (SSSR count). The second-order valence-electron chi connectivity index (χ2n) is 12.9. The van der Waals surface area contributed by atoms with Gasteiger partial charge in [-0.3, -0.25) is 0 Å². The van der Waals surface area contributed by atoms with E-state index in [4.69, 9.17) is 4.98 Å². The number of aromatic nitrogens is 1. The molecule has 212 valence electrons. The van der Waals surface area contributed by atoms with Gasteiger partial charge in [0, 0.05) is 16.5 Å². The number of aryl methyl sites for hydroxylation is 3. The molecule has 2 nitrogen and oxygen atoms in total. The number of hydrogen-bond acceptors (Lipinski definition) is 2. The van der Waals surface area contributed by atoms with Crippen LogP contribution in [0.5, 0.6) is 0 Å². The van der Waals surface area contributed by atoms with Gasteiger partial charge in [-0.2, -0.15) is 0 Å². The van der Waals surface area contributed by atoms with Crippen molar-refractivity contribution in [2.75, 3.05) is 5.32 Å². The fourth-order valence-electron chi connectivity index (χ4n) is 6.69. The molecule has 0 saturated heterocycles. The van der Waals surface area contributed by atoms with Gasteiger partial charge in [-0.05, 0) is 110 Å². The summed E-state index contributed by atoms with van der Waals surface area (Å²) < 4.78 is 0. The van der Waals surface area contributed by atoms with Crippen LogP contribution in [0.2, 0.25) is 0 Å². The number of nitrogens with zero attached hydrogens (tertiary/aromatic N) is 1. The molecule has 1 aliphatic heterocycles. The van der Waals surface area contributed by atoms with Crippen LogP contribution in [-0.4, -0.2) is 22.3 Å². The first kappa shape index (κ1) is 28.6. The maximum atomic E-state index is 5.56. The quantitative estimate of drug-likeness (QED) is 0.189. The zero-order valence-corrected chi connectivity index (χ0v) is 27.8. The van der Waals surface area contributed by atoms with Gasteiger partial charge in [-0.1, -0.05) is 96.2 Å². The number of rotatable bonds is 2. The van der Waals surface area contributed by atoms with E-state index in [1.54, 1.807) is 5.31 Å². The highest BCUT2D eigenvalue weighted by molar-refractivity contribution is 7.66. The van der Waals surface area contributed by atoms with E-state index in [0.29, 0.717) is 17.4 Å². The number of fused-ring (bicyclic) bond motifs is 2. The van der Waals surface area contributed by atoms with Crippen molar-refractivity contribution in [3.8, 4) is 0 Å². The predicted molar refractivity (Wildman–Crippen MR) is 185 cm³/mol. The summed E-state index contributed by atoms with van der Waals surface area (Å²) in [4.78, 5) is 5.56. The Bertz CT molecular complexity index is 1710. The average Bonchev–Trinajstić information content (AvgIpc) is 2.90. The molecule has 0 saturated carbocycles. The summed E-state index contributed by atoms with van der Waals surface area (Å²) in [7, 11) is -0.873. The lowest BCUT2D eigenvalue weighted by atomic mass is 10.0. The number of anilines is 1. The summed E-state index contributed by atoms with van der Waals surface area (Å²) in [5.41, 5.74) is 13.1. The third-order valence-electron chi connectivity index (χ3n) is 8.72. The first-order valence-corrected chi connectivity index (χ1v) is 18.4. The molecule has 3 aromatic carbocycles. The summed E-state index contributed by atoms with van der Waals surface area (Å²) in [5.74, 6) is 0. The van der Waals surface area contributed by atoms with E-state index in [1.807, 2.05) is 0 Å². The molecule has 2 heterocycles. The maximum Gasteiger partial charge on any atom is 0.0745 e. The van der Waals surface area contributed by atoms with Crippen molar-refractivity contribution in [2.24, 2.45) is 0 Å². The molecule has 1 aromatic heterocycles. The topological polar surface area (TPSA) is 24.9 Å². The van der Waals surface area contributed by atoms with Crippen LogP contribution in [0.25, 0.3) is 21.8 Å². The lowest BCUT2D eigenvalue weighted by Crippen LogP contribution is -2.28. The van der Waals surface area contributed by atoms with Crippen molar-refractivity contribution in [2.45, 2.75) is 91.5 Å². The Labute approximate surface area is 249 Å². The van der Waals surface area contributed by atoms with E-state index in [1.165, 1.54) is 66.2 Å². The van der Waals surface area contributed by atoms with Crippen molar-refractivity contribution in [3.63, 3.8) is 0 Å². The highest BCUT2D eigenvalue weighted by atomic mass is 31.1. The van der Waals surface area contributed by atoms with Crippen LogP contribution in [-0.2, 0) is 12.3 Å². The minimum atomic E-state index is -0.457. The summed E-state index contributed by atoms with van der Waals surface area (Å²) in [6, 6.07) is 19.4. The zero-order valence-electron chi connectivity index (χ0n) is 26.0. The second-order valence-corrected chi connectivity index (χ2v) is 18.5. The zero-order chi connectivity index (χ0) is 29.0. The minimum Gasteiger partial charge on any atom is -0.377 e. The van der Waals surface area contributed by atoms with E-state index < -0.39 is 15.8 Å². The van der Waals surface area contributed by atoms with Crippen LogP contribution in [0.1, 0.15) is 68.9 Å². The molecular weight excluding hydrogens is 534 g/mol. The Balaban J connectivity index is 1.67. The molecule has 4 aromatic rings. The molecule has 0 amide bonds. The van der Waals surface area contributed by atoms with Crippen LogP contribution >= 0.6 is 15.8 Å². The molecule has 41 heavy (non-hydrogen) atoms. The van der Waals surface area contributed by atoms with Gasteiger partial charge < -0.3 is 5.32 Å². The highest BCUT2D eigenvalue weighted by Crippen LogP contribution is 2.56. The van der Waals surface area contributed by atoms with E-state index in [2.05, 4.69) is 121 Å². The molecule has 3 unspecified atom stereocenters. The predicted octanol–water partition coefficient (Wildman–Crippen LogP) is 10.4. The van der Waals surface area contributed by atoms with Crippen LogP contribution in [0.3, 0.4) is 0 Å². The van der Waals surface area contributed by atoms with Gasteiger partial charge in [0.25, 0.3) is 0 Å². The maximum absolute atomic E-state index is 5.56. The summed E-state index contributed by atoms with van der Waals surface area (Å²) >= 11 is 0. The molecule has 4 heteroatoms. The molecule has 3 atom stereocenters. The van der Waals surface area contributed by atoms with Crippen molar-refractivity contribution >= 4 is 48.6 Å². The fourth-order valence-corrected chi connectivity index (χ4v) is 11.9. The molecule has 1 N–H and O–H groups in total. The Hall–Kier alpha value is -2.53. The molecule has 1 aliphatic carbocycles. The second kappa shape index (κ2) is 11.3. The van der Waals surface area contributed by atoms with Crippen LogP contribution in [0, 0.1) is 20.8 Å². The lowest BCUT2D eigenvalue weighted by Gasteiger charge is -2.35. The summed E-state index contributed by atoms with van der Waals surface area (Å²) in [6.45, 7) is 18.7. The largest absolute Gasteiger partial charge is 0.377 e. The number of hydrogen-bond donors (Lipinski definition) is 1. The standard InChI is InChI=1S/C37H44N2P2/c1-22(2)40-20-30-15-26(7)13-28-19-29-14-27(8)16-31(37(29)39-36(28)30)21-41(23(3)4)35-18-25(6)10-12-33(35)38-32-11-9-24(5)17-34(32)40/h9-11,13-19,22-23,33,38H,12,20-21H2,1-8H3. The van der Waals surface area contributed by atoms with E-state index in [0.717, 1.165) is 18.7 Å². The van der Waals surface area contributed by atoms with Crippen LogP contribution in [0.15, 0.2) is 71.6 Å². The van der Waals surface area contributed by atoms with Gasteiger partial charge in [0.1, 0.15) is 0 Å². The Morgan fingerprint density at radius 3 is 1.95 bits per heavy atom. The van der Waals surface area contributed by atoms with Gasteiger partial charge in [0.2, 0.25) is 0 Å². The number of nitrogens with one attached hydrogen (secondary N) is 1. The lowest BCUT2D eigenvalue weighted by molar-refractivity contribution is 0.853. The highest BCUT2D eigenvalue weighted by Gasteiger charge is 2.30. The normalized spacial score (nSPS) is 21.1. The van der Waals surface area contributed by atoms with Crippen molar-refractivity contribution in [1.82, 2.24) is 4.98 Å². The average molecular weight is 579 g/mol. The van der Waals surface area contributed by atoms with Crippen molar-refractivity contribution < 1.29 is 0 Å². The number of allylic oxidation sites excluding steroid dienone is 2. The molecule has 2 aliphatic rings. The van der Waals surface area contributed by atoms with Gasteiger partial charge >= 0.3 is 0 Å². The molecule has 0 spiro atoms. The van der Waals surface area contributed by atoms with E-state index >= 15 is 0 Å². The first-order valence-electron chi connectivity index (χ1n) is 15.2. The smallest absolute Gasteiger partial charge is 0.0745 e. The first-order chi connectivity index (χ1) is 19.6. The molecule has 0 radical (unpaired) electrons. The Kier molecular flexibility index (Phi) is 7.86. The van der Waals surface area contributed by atoms with Gasteiger partial charge in [0.15, 0.2) is 0 Å². The monoisotopic (exact) mass is 578 g/mol. The SMILES string of the molecule is CC1=CCC2Nc3ccc(C)cc3P(C(C)C)Cc3cc(C)cc4cc5cc(C)cc(c5nc34)CP(C(C)C)C2=C1. The molecular formula is C37H44N2P2. The number of pyridine rings is 1. The van der Waals surface area contributed by atoms with E-state index in [9.17, 15) is 0 Å². The Morgan fingerprint density at radius 1 is 0.732 bits per heavy atom. The molecule has 2 bridgehead atoms. The van der Waals surface area contributed by atoms with Crippen LogP contribution in [0.4, 0.5) is 5.69 Å². The van der Waals surface area contributed by atoms with Gasteiger partial charge in [-0.15, -0.1) is 0 Å². The third kappa shape index (κ3) is 5.63. The third-order valence-corrected chi connectivity index (χ3v) is 14.7. The Morgan fingerprint density at radius 2 is 1.34 bits per heavy atom. The van der Waals surface area contributed by atoms with Gasteiger partial charge in [0.05, 0.1) is 17.1 Å². The minimum absolute atomic E-state index is 0.325. The van der Waals surface area contributed by atoms with Gasteiger partial charge in [-0.25, -0.2) is 4.98 Å². The molecule has 0 fully saturated rings. The fraction of sp³-hybridized carbons (Fsp3) is 0.378. The van der Waals surface area contributed by atoms with Crippen molar-refractivity contribution in [1.29, 1.82) is 0 Å². The summed E-state index contributed by atoms with van der Waals surface area (Å²) in [6.07, 6.45) is 8.11. The summed E-state index contributed by atoms with van der Waals surface area (Å²) in [5, 5.41) is 9.84.